The second-order valence-corrected chi connectivity index (χ2v) is 3.42. The van der Waals surface area contributed by atoms with Crippen molar-refractivity contribution in [3.05, 3.63) is 36.7 Å². The number of ether oxygens (including phenoxy) is 1. The minimum absolute atomic E-state index is 0.259. The number of methoxy groups -OCH3 is 1. The Morgan fingerprint density at radius 2 is 2.47 bits per heavy atom. The molecule has 1 aromatic carbocycles. The summed E-state index contributed by atoms with van der Waals surface area (Å²) >= 11 is 0. The molecule has 0 saturated carbocycles. The van der Waals surface area contributed by atoms with Gasteiger partial charge in [0.15, 0.2) is 5.58 Å². The van der Waals surface area contributed by atoms with Crippen LogP contribution in [-0.4, -0.2) is 18.0 Å². The van der Waals surface area contributed by atoms with Crippen molar-refractivity contribution >= 4 is 22.7 Å². The van der Waals surface area contributed by atoms with Crippen molar-refractivity contribution in [3.8, 4) is 0 Å². The summed E-state index contributed by atoms with van der Waals surface area (Å²) in [7, 11) is 1.57. The number of aromatic nitrogens is 1. The molecule has 1 heterocycles. The van der Waals surface area contributed by atoms with Gasteiger partial charge in [0.25, 0.3) is 0 Å². The van der Waals surface area contributed by atoms with Crippen LogP contribution in [0.25, 0.3) is 11.1 Å². The number of nitrogens with zero attached hydrogens (tertiary/aromatic N) is 1. The van der Waals surface area contributed by atoms with E-state index < -0.39 is 0 Å². The van der Waals surface area contributed by atoms with Crippen molar-refractivity contribution in [2.45, 2.75) is 6.61 Å². The molecule has 1 N–H and O–H groups in total. The summed E-state index contributed by atoms with van der Waals surface area (Å²) in [4.78, 5) is 15.4. The van der Waals surface area contributed by atoms with Crippen LogP contribution in [0.4, 0.5) is 5.69 Å². The number of carbonyl (C=O) groups excluding carboxylic acids is 1. The SMILES string of the molecule is C=CC(=O)Nc1ccc2oc(COC)nc2c1. The number of oxazole rings is 1. The number of amides is 1. The zero-order valence-corrected chi connectivity index (χ0v) is 9.40. The zero-order valence-electron chi connectivity index (χ0n) is 9.40. The summed E-state index contributed by atoms with van der Waals surface area (Å²) in [5, 5.41) is 2.66. The number of benzene rings is 1. The van der Waals surface area contributed by atoms with Gasteiger partial charge in [-0.15, -0.1) is 0 Å². The molecule has 2 aromatic rings. The summed E-state index contributed by atoms with van der Waals surface area (Å²) in [6, 6.07) is 5.23. The van der Waals surface area contributed by atoms with E-state index in [1.807, 2.05) is 0 Å². The molecule has 0 radical (unpaired) electrons. The molecule has 2 rings (SSSR count). The van der Waals surface area contributed by atoms with Crippen molar-refractivity contribution in [3.63, 3.8) is 0 Å². The predicted octanol–water partition coefficient (Wildman–Crippen LogP) is 2.10. The lowest BCUT2D eigenvalue weighted by molar-refractivity contribution is -0.111. The average Bonchev–Trinajstić information content (AvgIpc) is 2.71. The van der Waals surface area contributed by atoms with Crippen LogP contribution in [0.15, 0.2) is 35.3 Å². The Bertz CT molecular complexity index is 560. The fourth-order valence-corrected chi connectivity index (χ4v) is 1.43. The van der Waals surface area contributed by atoms with Crippen LogP contribution in [0.1, 0.15) is 5.89 Å². The van der Waals surface area contributed by atoms with Gasteiger partial charge in [0, 0.05) is 12.8 Å². The normalized spacial score (nSPS) is 10.4. The zero-order chi connectivity index (χ0) is 12.3. The first-order valence-electron chi connectivity index (χ1n) is 5.05. The third-order valence-electron chi connectivity index (χ3n) is 2.15. The number of hydrogen-bond donors (Lipinski definition) is 1. The molecule has 5 heteroatoms. The Balaban J connectivity index is 2.29. The van der Waals surface area contributed by atoms with Gasteiger partial charge in [0.05, 0.1) is 0 Å². The molecule has 1 aromatic heterocycles. The monoisotopic (exact) mass is 232 g/mol. The van der Waals surface area contributed by atoms with Crippen LogP contribution in [-0.2, 0) is 16.1 Å². The van der Waals surface area contributed by atoms with Crippen LogP contribution in [0, 0.1) is 0 Å². The third-order valence-corrected chi connectivity index (χ3v) is 2.15. The molecule has 0 saturated heterocycles. The van der Waals surface area contributed by atoms with Gasteiger partial charge in [-0.05, 0) is 24.3 Å². The van der Waals surface area contributed by atoms with E-state index in [2.05, 4.69) is 16.9 Å². The topological polar surface area (TPSA) is 64.4 Å². The lowest BCUT2D eigenvalue weighted by atomic mass is 10.3. The molecule has 0 fully saturated rings. The summed E-state index contributed by atoms with van der Waals surface area (Å²) in [5.74, 6) is 0.250. The molecular weight excluding hydrogens is 220 g/mol. The predicted molar refractivity (Wildman–Crippen MR) is 63.5 cm³/mol. The van der Waals surface area contributed by atoms with Crippen LogP contribution in [0.2, 0.25) is 0 Å². The molecule has 0 spiro atoms. The maximum absolute atomic E-state index is 11.1. The molecule has 0 aliphatic carbocycles. The van der Waals surface area contributed by atoms with E-state index in [-0.39, 0.29) is 5.91 Å². The molecule has 1 amide bonds. The van der Waals surface area contributed by atoms with Crippen molar-refractivity contribution in [1.29, 1.82) is 0 Å². The second-order valence-electron chi connectivity index (χ2n) is 3.42. The van der Waals surface area contributed by atoms with E-state index in [1.165, 1.54) is 6.08 Å². The van der Waals surface area contributed by atoms with E-state index >= 15 is 0 Å². The van der Waals surface area contributed by atoms with Crippen molar-refractivity contribution < 1.29 is 13.9 Å². The molecule has 0 atom stereocenters. The largest absolute Gasteiger partial charge is 0.438 e. The highest BCUT2D eigenvalue weighted by molar-refractivity contribution is 5.99. The van der Waals surface area contributed by atoms with Crippen LogP contribution in [0.3, 0.4) is 0 Å². The van der Waals surface area contributed by atoms with E-state index in [1.54, 1.807) is 25.3 Å². The van der Waals surface area contributed by atoms with E-state index in [0.717, 1.165) is 0 Å². The van der Waals surface area contributed by atoms with Crippen LogP contribution >= 0.6 is 0 Å². The minimum Gasteiger partial charge on any atom is -0.438 e. The molecule has 0 bridgehead atoms. The lowest BCUT2D eigenvalue weighted by Gasteiger charge is -2.00. The maximum Gasteiger partial charge on any atom is 0.247 e. The van der Waals surface area contributed by atoms with Gasteiger partial charge in [-0.2, -0.15) is 0 Å². The summed E-state index contributed by atoms with van der Waals surface area (Å²) < 4.78 is 10.4. The Morgan fingerprint density at radius 3 is 3.18 bits per heavy atom. The Labute approximate surface area is 98.1 Å². The molecule has 88 valence electrons. The second kappa shape index (κ2) is 4.80. The van der Waals surface area contributed by atoms with E-state index in [9.17, 15) is 4.79 Å². The molecule has 5 nitrogen and oxygen atoms in total. The first kappa shape index (κ1) is 11.3. The number of carbonyl (C=O) groups is 1. The van der Waals surface area contributed by atoms with E-state index in [0.29, 0.717) is 29.3 Å². The Morgan fingerprint density at radius 1 is 1.65 bits per heavy atom. The molecule has 0 aliphatic heterocycles. The fraction of sp³-hybridized carbons (Fsp3) is 0.167. The quantitative estimate of drug-likeness (QED) is 0.820. The minimum atomic E-state index is -0.259. The van der Waals surface area contributed by atoms with Crippen molar-refractivity contribution in [2.75, 3.05) is 12.4 Å². The molecule has 0 aliphatic rings. The van der Waals surface area contributed by atoms with Crippen LogP contribution in [0.5, 0.6) is 0 Å². The smallest absolute Gasteiger partial charge is 0.247 e. The summed E-state index contributed by atoms with van der Waals surface area (Å²) in [6.07, 6.45) is 1.21. The highest BCUT2D eigenvalue weighted by Gasteiger charge is 2.06. The van der Waals surface area contributed by atoms with E-state index in [4.69, 9.17) is 9.15 Å². The summed E-state index contributed by atoms with van der Waals surface area (Å²) in [5.41, 5.74) is 1.99. The number of nitrogens with one attached hydrogen (secondary N) is 1. The summed E-state index contributed by atoms with van der Waals surface area (Å²) in [6.45, 7) is 3.71. The molecule has 0 unspecified atom stereocenters. The lowest BCUT2D eigenvalue weighted by Crippen LogP contribution is -2.06. The number of hydrogen-bond acceptors (Lipinski definition) is 4. The first-order chi connectivity index (χ1) is 8.22. The van der Waals surface area contributed by atoms with Gasteiger partial charge in [-0.1, -0.05) is 6.58 Å². The van der Waals surface area contributed by atoms with Gasteiger partial charge in [-0.25, -0.2) is 4.98 Å². The number of fused-ring (bicyclic) bond motifs is 1. The van der Waals surface area contributed by atoms with Gasteiger partial charge >= 0.3 is 0 Å². The highest BCUT2D eigenvalue weighted by Crippen LogP contribution is 2.20. The number of rotatable bonds is 4. The maximum atomic E-state index is 11.1. The number of anilines is 1. The molecule has 17 heavy (non-hydrogen) atoms. The van der Waals surface area contributed by atoms with Gasteiger partial charge in [0.2, 0.25) is 11.8 Å². The van der Waals surface area contributed by atoms with Crippen LogP contribution < -0.4 is 5.32 Å². The van der Waals surface area contributed by atoms with Crippen molar-refractivity contribution in [2.24, 2.45) is 0 Å². The standard InChI is InChI=1S/C12H12N2O3/c1-3-11(15)13-8-4-5-10-9(6-8)14-12(17-10)7-16-2/h3-6H,1,7H2,2H3,(H,13,15). The third kappa shape index (κ3) is 2.51. The van der Waals surface area contributed by atoms with Gasteiger partial charge in [0.1, 0.15) is 12.1 Å². The fourth-order valence-electron chi connectivity index (χ4n) is 1.43. The Kier molecular flexibility index (Phi) is 3.20. The Hall–Kier alpha value is -2.14. The average molecular weight is 232 g/mol. The molecular formula is C12H12N2O3. The van der Waals surface area contributed by atoms with Crippen molar-refractivity contribution in [1.82, 2.24) is 4.98 Å². The first-order valence-corrected chi connectivity index (χ1v) is 5.05. The highest BCUT2D eigenvalue weighted by atomic mass is 16.5. The van der Waals surface area contributed by atoms with Gasteiger partial charge in [-0.3, -0.25) is 4.79 Å². The van der Waals surface area contributed by atoms with Gasteiger partial charge < -0.3 is 14.5 Å².